The lowest BCUT2D eigenvalue weighted by Crippen LogP contribution is -2.33. The van der Waals surface area contributed by atoms with Crippen molar-refractivity contribution in [1.29, 1.82) is 0 Å². The largest absolute Gasteiger partial charge is 0.343 e. The monoisotopic (exact) mass is 367 g/mol. The molecule has 24 heavy (non-hydrogen) atoms. The Morgan fingerprint density at radius 3 is 2.54 bits per heavy atom. The SMILES string of the molecule is O=C(CNC(=O)c1ccc(Cl)cc1Cl)Nc1cccc([N+](=O)[O-])c1. The molecule has 0 spiro atoms. The molecule has 2 aromatic carbocycles. The van der Waals surface area contributed by atoms with Crippen molar-refractivity contribution in [3.63, 3.8) is 0 Å². The third-order valence-electron chi connectivity index (χ3n) is 2.93. The summed E-state index contributed by atoms with van der Waals surface area (Å²) in [6.45, 7) is -0.319. The maximum absolute atomic E-state index is 12.0. The molecular formula is C15H11Cl2N3O4. The van der Waals surface area contributed by atoms with E-state index in [2.05, 4.69) is 10.6 Å². The van der Waals surface area contributed by atoms with Crippen LogP contribution in [-0.2, 0) is 4.79 Å². The molecule has 0 radical (unpaired) electrons. The van der Waals surface area contributed by atoms with Gasteiger partial charge in [0.25, 0.3) is 11.6 Å². The summed E-state index contributed by atoms with van der Waals surface area (Å²) in [7, 11) is 0. The molecule has 0 atom stereocenters. The summed E-state index contributed by atoms with van der Waals surface area (Å²) >= 11 is 11.7. The molecule has 0 aromatic heterocycles. The molecule has 0 fully saturated rings. The molecule has 0 saturated carbocycles. The summed E-state index contributed by atoms with van der Waals surface area (Å²) in [6.07, 6.45) is 0. The number of rotatable bonds is 5. The molecule has 0 heterocycles. The van der Waals surface area contributed by atoms with Crippen molar-refractivity contribution >= 4 is 46.4 Å². The van der Waals surface area contributed by atoms with Crippen LogP contribution in [0.4, 0.5) is 11.4 Å². The Hall–Kier alpha value is -2.64. The van der Waals surface area contributed by atoms with Gasteiger partial charge in [-0.3, -0.25) is 19.7 Å². The molecule has 0 bridgehead atoms. The van der Waals surface area contributed by atoms with Crippen LogP contribution in [0.25, 0.3) is 0 Å². The molecule has 124 valence electrons. The van der Waals surface area contributed by atoms with E-state index in [0.29, 0.717) is 5.02 Å². The highest BCUT2D eigenvalue weighted by Crippen LogP contribution is 2.21. The number of halogens is 2. The third kappa shape index (κ3) is 4.68. The number of nitrogens with zero attached hydrogens (tertiary/aromatic N) is 1. The summed E-state index contributed by atoms with van der Waals surface area (Å²) in [5.41, 5.74) is 0.293. The quantitative estimate of drug-likeness (QED) is 0.625. The number of hydrogen-bond donors (Lipinski definition) is 2. The minimum absolute atomic E-state index is 0.148. The predicted octanol–water partition coefficient (Wildman–Crippen LogP) is 3.27. The van der Waals surface area contributed by atoms with Gasteiger partial charge < -0.3 is 10.6 Å². The second kappa shape index (κ2) is 7.76. The Morgan fingerprint density at radius 1 is 1.12 bits per heavy atom. The fraction of sp³-hybridized carbons (Fsp3) is 0.0667. The molecule has 0 aliphatic rings. The van der Waals surface area contributed by atoms with E-state index in [-0.39, 0.29) is 28.5 Å². The number of nitrogens with one attached hydrogen (secondary N) is 2. The molecule has 2 rings (SSSR count). The smallest absolute Gasteiger partial charge is 0.271 e. The van der Waals surface area contributed by atoms with E-state index in [4.69, 9.17) is 23.2 Å². The maximum atomic E-state index is 12.0. The Labute approximate surface area is 146 Å². The zero-order valence-corrected chi connectivity index (χ0v) is 13.6. The van der Waals surface area contributed by atoms with Crippen LogP contribution >= 0.6 is 23.2 Å². The highest BCUT2D eigenvalue weighted by Gasteiger charge is 2.13. The number of anilines is 1. The van der Waals surface area contributed by atoms with Gasteiger partial charge in [-0.25, -0.2) is 0 Å². The van der Waals surface area contributed by atoms with Crippen molar-refractivity contribution in [3.05, 3.63) is 68.2 Å². The van der Waals surface area contributed by atoms with Crippen molar-refractivity contribution in [2.45, 2.75) is 0 Å². The number of nitro groups is 1. The van der Waals surface area contributed by atoms with Gasteiger partial charge >= 0.3 is 0 Å². The Morgan fingerprint density at radius 2 is 1.88 bits per heavy atom. The van der Waals surface area contributed by atoms with Gasteiger partial charge in [-0.2, -0.15) is 0 Å². The number of non-ortho nitro benzene ring substituents is 1. The average Bonchev–Trinajstić information content (AvgIpc) is 2.53. The predicted molar refractivity (Wildman–Crippen MR) is 90.5 cm³/mol. The fourth-order valence-corrected chi connectivity index (χ4v) is 2.33. The molecule has 2 amide bonds. The standard InChI is InChI=1S/C15H11Cl2N3O4/c16-9-4-5-12(13(17)6-9)15(22)18-8-14(21)19-10-2-1-3-11(7-10)20(23)24/h1-7H,8H2,(H,18,22)(H,19,21). The van der Waals surface area contributed by atoms with Crippen LogP contribution in [0.15, 0.2) is 42.5 Å². The second-order valence-electron chi connectivity index (χ2n) is 4.66. The van der Waals surface area contributed by atoms with Crippen molar-refractivity contribution < 1.29 is 14.5 Å². The van der Waals surface area contributed by atoms with Crippen LogP contribution in [0.2, 0.25) is 10.0 Å². The number of carbonyl (C=O) groups excluding carboxylic acids is 2. The van der Waals surface area contributed by atoms with Crippen molar-refractivity contribution in [2.75, 3.05) is 11.9 Å². The Balaban J connectivity index is 1.94. The van der Waals surface area contributed by atoms with E-state index in [1.165, 1.54) is 42.5 Å². The van der Waals surface area contributed by atoms with Crippen LogP contribution in [0, 0.1) is 10.1 Å². The van der Waals surface area contributed by atoms with E-state index in [1.807, 2.05) is 0 Å². The van der Waals surface area contributed by atoms with E-state index in [9.17, 15) is 19.7 Å². The first-order valence-electron chi connectivity index (χ1n) is 6.64. The zero-order chi connectivity index (χ0) is 17.7. The highest BCUT2D eigenvalue weighted by atomic mass is 35.5. The van der Waals surface area contributed by atoms with Crippen LogP contribution in [0.3, 0.4) is 0 Å². The van der Waals surface area contributed by atoms with Crippen molar-refractivity contribution in [2.24, 2.45) is 0 Å². The van der Waals surface area contributed by atoms with Crippen molar-refractivity contribution in [3.8, 4) is 0 Å². The lowest BCUT2D eigenvalue weighted by atomic mass is 10.2. The summed E-state index contributed by atoms with van der Waals surface area (Å²) in [5, 5.41) is 16.1. The minimum Gasteiger partial charge on any atom is -0.343 e. The molecule has 0 saturated heterocycles. The van der Waals surface area contributed by atoms with E-state index in [1.54, 1.807) is 0 Å². The zero-order valence-electron chi connectivity index (χ0n) is 12.1. The summed E-state index contributed by atoms with van der Waals surface area (Å²) in [5.74, 6) is -1.07. The first-order valence-corrected chi connectivity index (χ1v) is 7.40. The Bertz CT molecular complexity index is 811. The molecular weight excluding hydrogens is 357 g/mol. The van der Waals surface area contributed by atoms with Crippen LogP contribution in [0.1, 0.15) is 10.4 Å². The van der Waals surface area contributed by atoms with Gasteiger partial charge in [-0.15, -0.1) is 0 Å². The van der Waals surface area contributed by atoms with E-state index < -0.39 is 16.7 Å². The summed E-state index contributed by atoms with van der Waals surface area (Å²) < 4.78 is 0. The van der Waals surface area contributed by atoms with Gasteiger partial charge in [0.05, 0.1) is 22.1 Å². The lowest BCUT2D eigenvalue weighted by molar-refractivity contribution is -0.384. The number of nitro benzene ring substituents is 1. The molecule has 2 aromatic rings. The minimum atomic E-state index is -0.569. The molecule has 0 aliphatic heterocycles. The van der Waals surface area contributed by atoms with Crippen molar-refractivity contribution in [1.82, 2.24) is 5.32 Å². The average molecular weight is 368 g/mol. The molecule has 7 nitrogen and oxygen atoms in total. The van der Waals surface area contributed by atoms with Gasteiger partial charge in [-0.05, 0) is 24.3 Å². The van der Waals surface area contributed by atoms with Gasteiger partial charge in [0.2, 0.25) is 5.91 Å². The second-order valence-corrected chi connectivity index (χ2v) is 5.51. The van der Waals surface area contributed by atoms with Gasteiger partial charge in [0, 0.05) is 22.8 Å². The normalized spacial score (nSPS) is 10.1. The van der Waals surface area contributed by atoms with E-state index >= 15 is 0 Å². The molecule has 9 heteroatoms. The van der Waals surface area contributed by atoms with Gasteiger partial charge in [0.1, 0.15) is 0 Å². The molecule has 0 aliphatic carbocycles. The lowest BCUT2D eigenvalue weighted by Gasteiger charge is -2.08. The number of benzene rings is 2. The topological polar surface area (TPSA) is 101 Å². The highest BCUT2D eigenvalue weighted by molar-refractivity contribution is 6.36. The van der Waals surface area contributed by atoms with Gasteiger partial charge in [0.15, 0.2) is 0 Å². The first-order chi connectivity index (χ1) is 11.4. The third-order valence-corrected chi connectivity index (χ3v) is 3.47. The summed E-state index contributed by atoms with van der Waals surface area (Å²) in [4.78, 5) is 33.9. The maximum Gasteiger partial charge on any atom is 0.271 e. The van der Waals surface area contributed by atoms with Crippen LogP contribution in [-0.4, -0.2) is 23.3 Å². The first kappa shape index (κ1) is 17.7. The number of hydrogen-bond acceptors (Lipinski definition) is 4. The summed E-state index contributed by atoms with van der Waals surface area (Å²) in [6, 6.07) is 9.84. The number of carbonyl (C=O) groups is 2. The van der Waals surface area contributed by atoms with E-state index in [0.717, 1.165) is 0 Å². The Kier molecular flexibility index (Phi) is 5.73. The van der Waals surface area contributed by atoms with Crippen LogP contribution < -0.4 is 10.6 Å². The molecule has 0 unspecified atom stereocenters. The van der Waals surface area contributed by atoms with Gasteiger partial charge in [-0.1, -0.05) is 29.3 Å². The molecule has 2 N–H and O–H groups in total. The number of amides is 2. The van der Waals surface area contributed by atoms with Crippen LogP contribution in [0.5, 0.6) is 0 Å². The fourth-order valence-electron chi connectivity index (χ4n) is 1.83.